The Hall–Kier alpha value is -1.05. The number of nitrogens with one attached hydrogen (secondary N) is 1. The van der Waals surface area contributed by atoms with E-state index in [-0.39, 0.29) is 0 Å². The smallest absolute Gasteiger partial charge is 0.125 e. The van der Waals surface area contributed by atoms with E-state index in [2.05, 4.69) is 37.7 Å². The van der Waals surface area contributed by atoms with Gasteiger partial charge in [-0.2, -0.15) is 0 Å². The maximum atomic E-state index is 4.23. The van der Waals surface area contributed by atoms with Crippen LogP contribution in [0.1, 0.15) is 27.2 Å². The zero-order valence-electron chi connectivity index (χ0n) is 8.17. The number of hydrogen-bond donors (Lipinski definition) is 1. The van der Waals surface area contributed by atoms with Crippen molar-refractivity contribution in [1.82, 2.24) is 5.32 Å². The van der Waals surface area contributed by atoms with Gasteiger partial charge in [0.1, 0.15) is 5.82 Å². The molecule has 0 atom stereocenters. The van der Waals surface area contributed by atoms with Crippen LogP contribution in [0.2, 0.25) is 0 Å². The summed E-state index contributed by atoms with van der Waals surface area (Å²) in [5.74, 6) is 0.877. The van der Waals surface area contributed by atoms with Crippen LogP contribution in [0.4, 0.5) is 0 Å². The van der Waals surface area contributed by atoms with Gasteiger partial charge in [0.05, 0.1) is 0 Å². The highest BCUT2D eigenvalue weighted by atomic mass is 15.0. The lowest BCUT2D eigenvalue weighted by atomic mass is 10.4. The van der Waals surface area contributed by atoms with Crippen LogP contribution in [0.5, 0.6) is 0 Å². The van der Waals surface area contributed by atoms with E-state index in [4.69, 9.17) is 0 Å². The van der Waals surface area contributed by atoms with Crippen molar-refractivity contribution in [2.45, 2.75) is 33.2 Å². The minimum Gasteiger partial charge on any atom is -0.368 e. The molecule has 0 aliphatic heterocycles. The Kier molecular flexibility index (Phi) is 6.07. The average molecular weight is 166 g/mol. The van der Waals surface area contributed by atoms with Gasteiger partial charge in [0.25, 0.3) is 0 Å². The molecule has 0 saturated heterocycles. The molecule has 2 nitrogen and oxygen atoms in total. The molecule has 0 aromatic carbocycles. The number of rotatable bonds is 5. The summed E-state index contributed by atoms with van der Waals surface area (Å²) in [6, 6.07) is 0.408. The molecule has 0 heterocycles. The summed E-state index contributed by atoms with van der Waals surface area (Å²) in [5, 5.41) is 3.21. The third kappa shape index (κ3) is 5.71. The normalized spacial score (nSPS) is 12.5. The van der Waals surface area contributed by atoms with Crippen LogP contribution in [-0.4, -0.2) is 12.3 Å². The lowest BCUT2D eigenvalue weighted by Crippen LogP contribution is -2.20. The molecule has 0 rings (SSSR count). The predicted octanol–water partition coefficient (Wildman–Crippen LogP) is 2.49. The van der Waals surface area contributed by atoms with Gasteiger partial charge >= 0.3 is 0 Å². The standard InChI is InChI=1S/C10H18N2/c1-5-7-10(11-8-6-2)12-9(3)4/h5,7-9,12H,1,6H2,2-4H3/b10-7+,11-8-. The van der Waals surface area contributed by atoms with Crippen molar-refractivity contribution in [2.75, 3.05) is 0 Å². The van der Waals surface area contributed by atoms with Crippen LogP contribution in [-0.2, 0) is 0 Å². The molecule has 1 N–H and O–H groups in total. The highest BCUT2D eigenvalue weighted by Crippen LogP contribution is 1.94. The molecule has 0 unspecified atom stereocenters. The zero-order valence-corrected chi connectivity index (χ0v) is 8.17. The summed E-state index contributed by atoms with van der Waals surface area (Å²) >= 11 is 0. The predicted molar refractivity (Wildman–Crippen MR) is 55.3 cm³/mol. The maximum absolute atomic E-state index is 4.23. The fraction of sp³-hybridized carbons (Fsp3) is 0.500. The molecule has 0 saturated carbocycles. The van der Waals surface area contributed by atoms with Crippen molar-refractivity contribution in [3.05, 3.63) is 24.6 Å². The number of nitrogens with zero attached hydrogens (tertiary/aromatic N) is 1. The first-order chi connectivity index (χ1) is 5.70. The summed E-state index contributed by atoms with van der Waals surface area (Å²) < 4.78 is 0. The van der Waals surface area contributed by atoms with Crippen LogP contribution in [0.3, 0.4) is 0 Å². The third-order valence-electron chi connectivity index (χ3n) is 1.13. The van der Waals surface area contributed by atoms with Gasteiger partial charge in [0.2, 0.25) is 0 Å². The second kappa shape index (κ2) is 6.65. The van der Waals surface area contributed by atoms with Gasteiger partial charge < -0.3 is 5.32 Å². The molecule has 0 fully saturated rings. The molecule has 0 amide bonds. The Balaban J connectivity index is 4.14. The number of hydrogen-bond acceptors (Lipinski definition) is 2. The van der Waals surface area contributed by atoms with Gasteiger partial charge in [-0.15, -0.1) is 0 Å². The molecule has 0 aliphatic carbocycles. The first kappa shape index (κ1) is 11.0. The van der Waals surface area contributed by atoms with Gasteiger partial charge in [-0.05, 0) is 26.3 Å². The van der Waals surface area contributed by atoms with Crippen LogP contribution >= 0.6 is 0 Å². The highest BCUT2D eigenvalue weighted by molar-refractivity contribution is 5.58. The molecule has 68 valence electrons. The molecule has 0 radical (unpaired) electrons. The number of aliphatic imine (C=N–C) groups is 1. The van der Waals surface area contributed by atoms with E-state index in [1.807, 2.05) is 12.3 Å². The monoisotopic (exact) mass is 166 g/mol. The van der Waals surface area contributed by atoms with Crippen molar-refractivity contribution in [2.24, 2.45) is 4.99 Å². The van der Waals surface area contributed by atoms with E-state index in [0.717, 1.165) is 12.2 Å². The summed E-state index contributed by atoms with van der Waals surface area (Å²) in [6.07, 6.45) is 6.43. The van der Waals surface area contributed by atoms with E-state index < -0.39 is 0 Å². The van der Waals surface area contributed by atoms with E-state index >= 15 is 0 Å². The second-order valence-electron chi connectivity index (χ2n) is 2.81. The quantitative estimate of drug-likeness (QED) is 0.492. The van der Waals surface area contributed by atoms with Crippen molar-refractivity contribution >= 4 is 6.21 Å². The molecular formula is C10H18N2. The van der Waals surface area contributed by atoms with E-state index in [9.17, 15) is 0 Å². The van der Waals surface area contributed by atoms with Crippen molar-refractivity contribution in [3.8, 4) is 0 Å². The topological polar surface area (TPSA) is 24.4 Å². The zero-order chi connectivity index (χ0) is 9.40. The van der Waals surface area contributed by atoms with Crippen LogP contribution in [0.25, 0.3) is 0 Å². The Morgan fingerprint density at radius 1 is 1.58 bits per heavy atom. The molecular weight excluding hydrogens is 148 g/mol. The summed E-state index contributed by atoms with van der Waals surface area (Å²) in [5.41, 5.74) is 0. The molecule has 0 aliphatic rings. The first-order valence-electron chi connectivity index (χ1n) is 4.32. The minimum absolute atomic E-state index is 0.408. The van der Waals surface area contributed by atoms with Crippen LogP contribution < -0.4 is 5.32 Å². The molecule has 0 aromatic heterocycles. The summed E-state index contributed by atoms with van der Waals surface area (Å²) in [7, 11) is 0. The Morgan fingerprint density at radius 2 is 2.25 bits per heavy atom. The Labute approximate surface area is 75.1 Å². The van der Waals surface area contributed by atoms with Crippen LogP contribution in [0, 0.1) is 0 Å². The average Bonchev–Trinajstić information content (AvgIpc) is 2.00. The minimum atomic E-state index is 0.408. The molecule has 2 heteroatoms. The van der Waals surface area contributed by atoms with Gasteiger partial charge in [0.15, 0.2) is 0 Å². The van der Waals surface area contributed by atoms with Crippen molar-refractivity contribution in [3.63, 3.8) is 0 Å². The number of allylic oxidation sites excluding steroid dienone is 2. The lowest BCUT2D eigenvalue weighted by Gasteiger charge is -2.08. The fourth-order valence-corrected chi connectivity index (χ4v) is 0.725. The van der Waals surface area contributed by atoms with E-state index in [0.29, 0.717) is 6.04 Å². The highest BCUT2D eigenvalue weighted by Gasteiger charge is 1.93. The molecule has 0 bridgehead atoms. The van der Waals surface area contributed by atoms with Gasteiger partial charge in [-0.1, -0.05) is 19.6 Å². The molecule has 0 spiro atoms. The van der Waals surface area contributed by atoms with Gasteiger partial charge in [0, 0.05) is 12.3 Å². The lowest BCUT2D eigenvalue weighted by molar-refractivity contribution is 0.664. The molecule has 12 heavy (non-hydrogen) atoms. The third-order valence-corrected chi connectivity index (χ3v) is 1.13. The Morgan fingerprint density at radius 3 is 2.67 bits per heavy atom. The van der Waals surface area contributed by atoms with Crippen LogP contribution in [0.15, 0.2) is 29.5 Å². The van der Waals surface area contributed by atoms with Gasteiger partial charge in [-0.3, -0.25) is 0 Å². The summed E-state index contributed by atoms with van der Waals surface area (Å²) in [6.45, 7) is 9.85. The first-order valence-corrected chi connectivity index (χ1v) is 4.32. The van der Waals surface area contributed by atoms with Crippen molar-refractivity contribution < 1.29 is 0 Å². The summed E-state index contributed by atoms with van der Waals surface area (Å²) in [4.78, 5) is 4.23. The van der Waals surface area contributed by atoms with Gasteiger partial charge in [-0.25, -0.2) is 4.99 Å². The largest absolute Gasteiger partial charge is 0.368 e. The van der Waals surface area contributed by atoms with Crippen molar-refractivity contribution in [1.29, 1.82) is 0 Å². The van der Waals surface area contributed by atoms with E-state index in [1.54, 1.807) is 6.08 Å². The second-order valence-corrected chi connectivity index (χ2v) is 2.81. The molecule has 0 aromatic rings. The maximum Gasteiger partial charge on any atom is 0.125 e. The SMILES string of the molecule is C=C/C=C(\N=C/CC)NC(C)C. The fourth-order valence-electron chi connectivity index (χ4n) is 0.725. The van der Waals surface area contributed by atoms with E-state index in [1.165, 1.54) is 0 Å². The Bertz CT molecular complexity index is 178.